The van der Waals surface area contributed by atoms with Gasteiger partial charge in [-0.1, -0.05) is 18.2 Å². The number of aromatic nitrogens is 1. The van der Waals surface area contributed by atoms with Gasteiger partial charge in [-0.25, -0.2) is 4.98 Å². The standard InChI is InChI=1S/C23H25N3O3/c1-16-12-22(24-21-7-5-4-6-20(16)21)25-8-10-26(11-9-25)23(27)17-13-18(28-2)15-19(14-17)29-3/h4-7,12-15H,8-11H2,1-3H3. The Bertz CT molecular complexity index is 1020. The summed E-state index contributed by atoms with van der Waals surface area (Å²) in [4.78, 5) is 21.9. The van der Waals surface area contributed by atoms with Crippen LogP contribution in [0.3, 0.4) is 0 Å². The maximum Gasteiger partial charge on any atom is 0.254 e. The lowest BCUT2D eigenvalue weighted by Crippen LogP contribution is -2.49. The lowest BCUT2D eigenvalue weighted by Gasteiger charge is -2.35. The third-order valence-electron chi connectivity index (χ3n) is 5.40. The van der Waals surface area contributed by atoms with E-state index in [1.54, 1.807) is 32.4 Å². The predicted molar refractivity (Wildman–Crippen MR) is 114 cm³/mol. The fourth-order valence-corrected chi connectivity index (χ4v) is 3.75. The highest BCUT2D eigenvalue weighted by Gasteiger charge is 2.24. The number of hydrogen-bond donors (Lipinski definition) is 0. The largest absolute Gasteiger partial charge is 0.497 e. The van der Waals surface area contributed by atoms with Crippen molar-refractivity contribution in [3.63, 3.8) is 0 Å². The van der Waals surface area contributed by atoms with E-state index in [-0.39, 0.29) is 5.91 Å². The molecular weight excluding hydrogens is 366 g/mol. The molecule has 0 N–H and O–H groups in total. The van der Waals surface area contributed by atoms with Crippen LogP contribution in [0.5, 0.6) is 11.5 Å². The third kappa shape index (κ3) is 3.83. The Hall–Kier alpha value is -3.28. The van der Waals surface area contributed by atoms with Crippen LogP contribution in [0.15, 0.2) is 48.5 Å². The summed E-state index contributed by atoms with van der Waals surface area (Å²) in [5, 5.41) is 1.18. The van der Waals surface area contributed by atoms with Crippen LogP contribution < -0.4 is 14.4 Å². The Morgan fingerprint density at radius 2 is 1.59 bits per heavy atom. The summed E-state index contributed by atoms with van der Waals surface area (Å²) in [5.41, 5.74) is 2.80. The Labute approximate surface area is 170 Å². The smallest absolute Gasteiger partial charge is 0.254 e. The first-order chi connectivity index (χ1) is 14.1. The number of hydrogen-bond acceptors (Lipinski definition) is 5. The van der Waals surface area contributed by atoms with Crippen molar-refractivity contribution in [2.24, 2.45) is 0 Å². The molecule has 1 fully saturated rings. The number of nitrogens with zero attached hydrogens (tertiary/aromatic N) is 3. The molecule has 0 atom stereocenters. The molecule has 0 bridgehead atoms. The average Bonchev–Trinajstić information content (AvgIpc) is 2.78. The van der Waals surface area contributed by atoms with E-state index in [2.05, 4.69) is 24.0 Å². The first-order valence-corrected chi connectivity index (χ1v) is 9.72. The number of amides is 1. The van der Waals surface area contributed by atoms with Crippen LogP contribution in [0.2, 0.25) is 0 Å². The van der Waals surface area contributed by atoms with E-state index in [4.69, 9.17) is 14.5 Å². The summed E-state index contributed by atoms with van der Waals surface area (Å²) in [6.45, 7) is 4.90. The van der Waals surface area contributed by atoms with Crippen LogP contribution in [0.25, 0.3) is 10.9 Å². The number of fused-ring (bicyclic) bond motifs is 1. The molecule has 0 unspecified atom stereocenters. The lowest BCUT2D eigenvalue weighted by molar-refractivity contribution is 0.0745. The van der Waals surface area contributed by atoms with Gasteiger partial charge in [0.1, 0.15) is 17.3 Å². The molecule has 3 aromatic rings. The zero-order chi connectivity index (χ0) is 20.4. The third-order valence-corrected chi connectivity index (χ3v) is 5.40. The average molecular weight is 391 g/mol. The number of piperazine rings is 1. The zero-order valence-corrected chi connectivity index (χ0v) is 17.0. The van der Waals surface area contributed by atoms with Gasteiger partial charge in [0.25, 0.3) is 5.91 Å². The minimum absolute atomic E-state index is 0.00972. The fraction of sp³-hybridized carbons (Fsp3) is 0.304. The van der Waals surface area contributed by atoms with Crippen molar-refractivity contribution in [3.8, 4) is 11.5 Å². The summed E-state index contributed by atoms with van der Waals surface area (Å²) in [5.74, 6) is 2.19. The van der Waals surface area contributed by atoms with Crippen molar-refractivity contribution in [1.82, 2.24) is 9.88 Å². The van der Waals surface area contributed by atoms with Gasteiger partial charge in [0.2, 0.25) is 0 Å². The number of methoxy groups -OCH3 is 2. The van der Waals surface area contributed by atoms with Gasteiger partial charge in [-0.15, -0.1) is 0 Å². The molecule has 6 nitrogen and oxygen atoms in total. The minimum Gasteiger partial charge on any atom is -0.497 e. The molecule has 0 aliphatic carbocycles. The van der Waals surface area contributed by atoms with Gasteiger partial charge in [0.15, 0.2) is 0 Å². The van der Waals surface area contributed by atoms with E-state index in [9.17, 15) is 4.79 Å². The molecule has 0 spiro atoms. The summed E-state index contributed by atoms with van der Waals surface area (Å²) in [6.07, 6.45) is 0. The Kier molecular flexibility index (Phi) is 5.25. The molecule has 1 aromatic heterocycles. The molecule has 0 radical (unpaired) electrons. The number of para-hydroxylation sites is 1. The fourth-order valence-electron chi connectivity index (χ4n) is 3.75. The highest BCUT2D eigenvalue weighted by atomic mass is 16.5. The van der Waals surface area contributed by atoms with Crippen LogP contribution in [-0.4, -0.2) is 56.2 Å². The summed E-state index contributed by atoms with van der Waals surface area (Å²) >= 11 is 0. The van der Waals surface area contributed by atoms with Crippen molar-refractivity contribution in [2.45, 2.75) is 6.92 Å². The Balaban J connectivity index is 1.49. The van der Waals surface area contributed by atoms with Crippen LogP contribution in [0, 0.1) is 6.92 Å². The highest BCUT2D eigenvalue weighted by Crippen LogP contribution is 2.25. The molecule has 1 saturated heterocycles. The number of carbonyl (C=O) groups excluding carboxylic acids is 1. The topological polar surface area (TPSA) is 54.9 Å². The van der Waals surface area contributed by atoms with Crippen molar-refractivity contribution in [1.29, 1.82) is 0 Å². The van der Waals surface area contributed by atoms with E-state index in [1.807, 2.05) is 23.1 Å². The number of anilines is 1. The van der Waals surface area contributed by atoms with Gasteiger partial charge in [-0.2, -0.15) is 0 Å². The van der Waals surface area contributed by atoms with Crippen molar-refractivity contribution >= 4 is 22.6 Å². The predicted octanol–water partition coefficient (Wildman–Crippen LogP) is 3.52. The molecule has 29 heavy (non-hydrogen) atoms. The van der Waals surface area contributed by atoms with Gasteiger partial charge in [-0.05, 0) is 36.8 Å². The maximum absolute atomic E-state index is 13.0. The van der Waals surface area contributed by atoms with Crippen LogP contribution in [-0.2, 0) is 0 Å². The molecule has 1 amide bonds. The van der Waals surface area contributed by atoms with Gasteiger partial charge < -0.3 is 19.3 Å². The van der Waals surface area contributed by atoms with Crippen LogP contribution in [0.4, 0.5) is 5.82 Å². The number of pyridine rings is 1. The second kappa shape index (κ2) is 7.99. The van der Waals surface area contributed by atoms with E-state index in [1.165, 1.54) is 10.9 Å². The monoisotopic (exact) mass is 391 g/mol. The van der Waals surface area contributed by atoms with Gasteiger partial charge in [0, 0.05) is 43.2 Å². The van der Waals surface area contributed by atoms with E-state index < -0.39 is 0 Å². The molecule has 1 aliphatic rings. The van der Waals surface area contributed by atoms with E-state index in [0.29, 0.717) is 30.2 Å². The summed E-state index contributed by atoms with van der Waals surface area (Å²) < 4.78 is 10.6. The number of benzene rings is 2. The molecule has 4 rings (SSSR count). The first-order valence-electron chi connectivity index (χ1n) is 9.72. The minimum atomic E-state index is -0.00972. The van der Waals surface area contributed by atoms with Crippen LogP contribution >= 0.6 is 0 Å². The van der Waals surface area contributed by atoms with E-state index in [0.717, 1.165) is 24.4 Å². The molecule has 2 heterocycles. The maximum atomic E-state index is 13.0. The van der Waals surface area contributed by atoms with Gasteiger partial charge in [0.05, 0.1) is 19.7 Å². The first kappa shape index (κ1) is 19.1. The Morgan fingerprint density at radius 1 is 0.931 bits per heavy atom. The molecule has 0 saturated carbocycles. The van der Waals surface area contributed by atoms with Gasteiger partial charge >= 0.3 is 0 Å². The summed E-state index contributed by atoms with van der Waals surface area (Å²) in [7, 11) is 3.17. The lowest BCUT2D eigenvalue weighted by atomic mass is 10.1. The number of aryl methyl sites for hydroxylation is 1. The molecule has 2 aromatic carbocycles. The molecule has 1 aliphatic heterocycles. The second-order valence-corrected chi connectivity index (χ2v) is 7.20. The number of rotatable bonds is 4. The van der Waals surface area contributed by atoms with Crippen LogP contribution in [0.1, 0.15) is 15.9 Å². The zero-order valence-electron chi connectivity index (χ0n) is 17.0. The number of ether oxygens (including phenoxy) is 2. The van der Waals surface area contributed by atoms with Crippen molar-refractivity contribution < 1.29 is 14.3 Å². The SMILES string of the molecule is COc1cc(OC)cc(C(=O)N2CCN(c3cc(C)c4ccccc4n3)CC2)c1. The highest BCUT2D eigenvalue weighted by molar-refractivity contribution is 5.95. The molecular formula is C23H25N3O3. The normalized spacial score (nSPS) is 14.2. The Morgan fingerprint density at radius 3 is 2.24 bits per heavy atom. The quantitative estimate of drug-likeness (QED) is 0.681. The number of carbonyl (C=O) groups is 1. The summed E-state index contributed by atoms with van der Waals surface area (Å²) in [6, 6.07) is 15.6. The van der Waals surface area contributed by atoms with Gasteiger partial charge in [-0.3, -0.25) is 4.79 Å². The second-order valence-electron chi connectivity index (χ2n) is 7.20. The molecule has 150 valence electrons. The van der Waals surface area contributed by atoms with E-state index >= 15 is 0 Å². The molecule has 6 heteroatoms. The van der Waals surface area contributed by atoms with Crippen molar-refractivity contribution in [2.75, 3.05) is 45.3 Å². The van der Waals surface area contributed by atoms with Crippen molar-refractivity contribution in [3.05, 3.63) is 59.7 Å².